The van der Waals surface area contributed by atoms with Gasteiger partial charge in [-0.2, -0.15) is 0 Å². The summed E-state index contributed by atoms with van der Waals surface area (Å²) in [6.07, 6.45) is 3.55. The maximum atomic E-state index is 10.9. The first-order chi connectivity index (χ1) is 8.56. The average Bonchev–Trinajstić information content (AvgIpc) is 2.70. The lowest BCUT2D eigenvalue weighted by Crippen LogP contribution is -1.90. The number of aromatic nitrogens is 2. The summed E-state index contributed by atoms with van der Waals surface area (Å²) < 4.78 is 0. The minimum absolute atomic E-state index is 0.382. The van der Waals surface area contributed by atoms with Gasteiger partial charge in [0.05, 0.1) is 0 Å². The number of hydrogen-bond donors (Lipinski definition) is 1. The van der Waals surface area contributed by atoms with Crippen LogP contribution in [0.4, 0.5) is 0 Å². The molecule has 0 saturated heterocycles. The van der Waals surface area contributed by atoms with Gasteiger partial charge in [0.2, 0.25) is 0 Å². The number of carboxylic acid groups (broad SMARTS) is 1. The Morgan fingerprint density at radius 2 is 2.06 bits per heavy atom. The Hall–Kier alpha value is -1.40. The number of hydrogen-bond acceptors (Lipinski definition) is 5. The fraction of sp³-hybridized carbons (Fsp3) is 0.250. The van der Waals surface area contributed by atoms with E-state index in [1.807, 2.05) is 13.8 Å². The van der Waals surface area contributed by atoms with Crippen LogP contribution in [0.3, 0.4) is 0 Å². The Kier molecular flexibility index (Phi) is 3.98. The Morgan fingerprint density at radius 3 is 2.61 bits per heavy atom. The standard InChI is InChI=1S/C12H12N2O2S2/c1-7-4-13-12(14-5-7)17-6-9-3-10(11(15)16)18-8(9)2/h3-5H,6H2,1-2H3,(H,15,16). The lowest BCUT2D eigenvalue weighted by Gasteiger charge is -1.99. The molecule has 94 valence electrons. The van der Waals surface area contributed by atoms with Crippen LogP contribution in [-0.4, -0.2) is 21.0 Å². The quantitative estimate of drug-likeness (QED) is 0.688. The van der Waals surface area contributed by atoms with E-state index in [2.05, 4.69) is 9.97 Å². The third-order valence-corrected chi connectivity index (χ3v) is 4.35. The summed E-state index contributed by atoms with van der Waals surface area (Å²) in [5.74, 6) is -0.176. The molecule has 0 saturated carbocycles. The Labute approximate surface area is 113 Å². The zero-order valence-electron chi connectivity index (χ0n) is 10.0. The molecule has 6 heteroatoms. The van der Waals surface area contributed by atoms with E-state index < -0.39 is 5.97 Å². The van der Waals surface area contributed by atoms with Crippen molar-refractivity contribution in [2.24, 2.45) is 0 Å². The fourth-order valence-electron chi connectivity index (χ4n) is 1.37. The van der Waals surface area contributed by atoms with Crippen molar-refractivity contribution in [1.82, 2.24) is 9.97 Å². The molecule has 0 aromatic carbocycles. The first-order valence-corrected chi connectivity index (χ1v) is 7.10. The second-order valence-electron chi connectivity index (χ2n) is 3.83. The van der Waals surface area contributed by atoms with Gasteiger partial charge in [0.15, 0.2) is 5.16 Å². The molecule has 1 N–H and O–H groups in total. The highest BCUT2D eigenvalue weighted by molar-refractivity contribution is 7.98. The molecule has 2 heterocycles. The van der Waals surface area contributed by atoms with Crippen molar-refractivity contribution in [3.63, 3.8) is 0 Å². The van der Waals surface area contributed by atoms with Gasteiger partial charge in [-0.3, -0.25) is 0 Å². The number of aryl methyl sites for hydroxylation is 2. The highest BCUT2D eigenvalue weighted by Crippen LogP contribution is 2.27. The number of carbonyl (C=O) groups is 1. The average molecular weight is 280 g/mol. The fourth-order valence-corrected chi connectivity index (χ4v) is 3.18. The van der Waals surface area contributed by atoms with Gasteiger partial charge in [0.25, 0.3) is 0 Å². The van der Waals surface area contributed by atoms with Crippen LogP contribution >= 0.6 is 23.1 Å². The Bertz CT molecular complexity index is 564. The van der Waals surface area contributed by atoms with Gasteiger partial charge >= 0.3 is 5.97 Å². The third kappa shape index (κ3) is 3.08. The highest BCUT2D eigenvalue weighted by atomic mass is 32.2. The van der Waals surface area contributed by atoms with E-state index in [1.165, 1.54) is 23.1 Å². The Morgan fingerprint density at radius 1 is 1.39 bits per heavy atom. The molecule has 0 spiro atoms. The van der Waals surface area contributed by atoms with E-state index in [4.69, 9.17) is 5.11 Å². The minimum Gasteiger partial charge on any atom is -0.477 e. The molecule has 0 aliphatic rings. The summed E-state index contributed by atoms with van der Waals surface area (Å²) in [5.41, 5.74) is 2.06. The monoisotopic (exact) mass is 280 g/mol. The highest BCUT2D eigenvalue weighted by Gasteiger charge is 2.11. The van der Waals surface area contributed by atoms with Crippen molar-refractivity contribution < 1.29 is 9.90 Å². The van der Waals surface area contributed by atoms with Gasteiger partial charge in [0, 0.05) is 23.0 Å². The molecule has 0 unspecified atom stereocenters. The molecule has 0 aliphatic carbocycles. The number of aromatic carboxylic acids is 1. The normalized spacial score (nSPS) is 10.6. The molecule has 0 bridgehead atoms. The van der Waals surface area contributed by atoms with Crippen molar-refractivity contribution in [2.45, 2.75) is 24.8 Å². The van der Waals surface area contributed by atoms with Gasteiger partial charge in [-0.05, 0) is 31.0 Å². The molecular formula is C12H12N2O2S2. The minimum atomic E-state index is -0.870. The van der Waals surface area contributed by atoms with E-state index in [-0.39, 0.29) is 0 Å². The maximum absolute atomic E-state index is 10.9. The third-order valence-electron chi connectivity index (χ3n) is 2.35. The smallest absolute Gasteiger partial charge is 0.345 e. The van der Waals surface area contributed by atoms with Crippen LogP contribution in [0.15, 0.2) is 23.6 Å². The van der Waals surface area contributed by atoms with E-state index >= 15 is 0 Å². The predicted molar refractivity (Wildman–Crippen MR) is 72.3 cm³/mol. The molecule has 18 heavy (non-hydrogen) atoms. The molecule has 0 amide bonds. The molecule has 0 radical (unpaired) electrons. The summed E-state index contributed by atoms with van der Waals surface area (Å²) in [6, 6.07) is 1.73. The van der Waals surface area contributed by atoms with Crippen molar-refractivity contribution in [2.75, 3.05) is 0 Å². The Balaban J connectivity index is 2.06. The summed E-state index contributed by atoms with van der Waals surface area (Å²) in [5, 5.41) is 9.63. The van der Waals surface area contributed by atoms with E-state index in [9.17, 15) is 4.79 Å². The molecule has 2 aromatic heterocycles. The molecule has 2 aromatic rings. The molecule has 0 fully saturated rings. The largest absolute Gasteiger partial charge is 0.477 e. The molecule has 2 rings (SSSR count). The van der Waals surface area contributed by atoms with Gasteiger partial charge < -0.3 is 5.11 Å². The molecular weight excluding hydrogens is 268 g/mol. The zero-order chi connectivity index (χ0) is 13.1. The molecule has 4 nitrogen and oxygen atoms in total. The van der Waals surface area contributed by atoms with Crippen LogP contribution in [0, 0.1) is 13.8 Å². The van der Waals surface area contributed by atoms with Crippen LogP contribution in [-0.2, 0) is 5.75 Å². The maximum Gasteiger partial charge on any atom is 0.345 e. The number of carboxylic acids is 1. The van der Waals surface area contributed by atoms with E-state index in [0.717, 1.165) is 16.0 Å². The van der Waals surface area contributed by atoms with Gasteiger partial charge in [-0.25, -0.2) is 14.8 Å². The van der Waals surface area contributed by atoms with Crippen LogP contribution in [0.5, 0.6) is 0 Å². The summed E-state index contributed by atoms with van der Waals surface area (Å²) in [4.78, 5) is 20.7. The summed E-state index contributed by atoms with van der Waals surface area (Å²) >= 11 is 2.82. The topological polar surface area (TPSA) is 63.1 Å². The number of thiophene rings is 1. The summed E-state index contributed by atoms with van der Waals surface area (Å²) in [6.45, 7) is 3.87. The van der Waals surface area contributed by atoms with Crippen LogP contribution in [0.1, 0.15) is 25.7 Å². The number of nitrogens with zero attached hydrogens (tertiary/aromatic N) is 2. The van der Waals surface area contributed by atoms with Crippen molar-refractivity contribution in [3.8, 4) is 0 Å². The predicted octanol–water partition coefficient (Wildman–Crippen LogP) is 3.15. The molecule has 0 aliphatic heterocycles. The second-order valence-corrected chi connectivity index (χ2v) is 6.03. The molecule has 0 atom stereocenters. The van der Waals surface area contributed by atoms with Crippen LogP contribution in [0.2, 0.25) is 0 Å². The van der Waals surface area contributed by atoms with Crippen LogP contribution in [0.25, 0.3) is 0 Å². The van der Waals surface area contributed by atoms with Gasteiger partial charge in [-0.1, -0.05) is 11.8 Å². The number of rotatable bonds is 4. The first-order valence-electron chi connectivity index (χ1n) is 5.30. The van der Waals surface area contributed by atoms with Crippen LogP contribution < -0.4 is 0 Å². The second kappa shape index (κ2) is 5.49. The van der Waals surface area contributed by atoms with E-state index in [1.54, 1.807) is 18.5 Å². The van der Waals surface area contributed by atoms with Crippen molar-refractivity contribution >= 4 is 29.1 Å². The van der Waals surface area contributed by atoms with Gasteiger partial charge in [0.1, 0.15) is 4.88 Å². The summed E-state index contributed by atoms with van der Waals surface area (Å²) in [7, 11) is 0. The van der Waals surface area contributed by atoms with Crippen molar-refractivity contribution in [1.29, 1.82) is 0 Å². The lowest BCUT2D eigenvalue weighted by atomic mass is 10.3. The SMILES string of the molecule is Cc1cnc(SCc2cc(C(=O)O)sc2C)nc1. The first kappa shape index (κ1) is 13.0. The van der Waals surface area contributed by atoms with E-state index in [0.29, 0.717) is 15.8 Å². The zero-order valence-corrected chi connectivity index (χ0v) is 11.6. The van der Waals surface area contributed by atoms with Gasteiger partial charge in [-0.15, -0.1) is 11.3 Å². The number of thioether (sulfide) groups is 1. The van der Waals surface area contributed by atoms with Crippen molar-refractivity contribution in [3.05, 3.63) is 39.3 Å². The lowest BCUT2D eigenvalue weighted by molar-refractivity contribution is 0.0702.